The summed E-state index contributed by atoms with van der Waals surface area (Å²) in [5.41, 5.74) is 18.8. The molecule has 0 bridgehead atoms. The van der Waals surface area contributed by atoms with Crippen LogP contribution in [0.4, 0.5) is 0 Å². The zero-order chi connectivity index (χ0) is 31.0. The maximum Gasteiger partial charge on any atom is 0.119 e. The summed E-state index contributed by atoms with van der Waals surface area (Å²) < 4.78 is 5.73. The molecular weight excluding hydrogens is 534 g/mol. The number of hydrogen-bond donors (Lipinski definition) is 0. The number of hydrogen-bond acceptors (Lipinski definition) is 2. The fourth-order valence-corrected chi connectivity index (χ4v) is 6.33. The van der Waals surface area contributed by atoms with Crippen LogP contribution in [0.5, 0.6) is 5.75 Å². The Balaban J connectivity index is 1.81. The summed E-state index contributed by atoms with van der Waals surface area (Å²) in [5, 5.41) is 0. The highest BCUT2D eigenvalue weighted by atomic mass is 16.5. The maximum atomic E-state index is 5.73. The molecule has 0 spiro atoms. The number of ether oxygens (including phenoxy) is 1. The van der Waals surface area contributed by atoms with Crippen LogP contribution in [-0.4, -0.2) is 26.1 Å². The van der Waals surface area contributed by atoms with Gasteiger partial charge in [-0.25, -0.2) is 0 Å². The van der Waals surface area contributed by atoms with E-state index in [-0.39, 0.29) is 0 Å². The highest BCUT2D eigenvalue weighted by molar-refractivity contribution is 6.31. The summed E-state index contributed by atoms with van der Waals surface area (Å²) in [5.74, 6) is 0.871. The largest absolute Gasteiger partial charge is 0.497 e. The molecule has 0 atom stereocenters. The van der Waals surface area contributed by atoms with Crippen molar-refractivity contribution in [2.75, 3.05) is 21.2 Å². The average molecular weight is 576 g/mol. The Morgan fingerprint density at radius 2 is 1.11 bits per heavy atom. The van der Waals surface area contributed by atoms with E-state index in [0.29, 0.717) is 0 Å². The molecule has 5 aromatic carbocycles. The molecule has 0 N–H and O–H groups in total. The normalized spacial score (nSPS) is 13.8. The van der Waals surface area contributed by atoms with Gasteiger partial charge in [-0.2, -0.15) is 0 Å². The van der Waals surface area contributed by atoms with E-state index in [1.165, 1.54) is 83.5 Å². The van der Waals surface area contributed by atoms with Crippen molar-refractivity contribution in [3.05, 3.63) is 170 Å². The molecule has 0 saturated carbocycles. The van der Waals surface area contributed by atoms with Crippen LogP contribution in [0.15, 0.2) is 109 Å². The molecule has 0 amide bonds. The summed E-state index contributed by atoms with van der Waals surface area (Å²) >= 11 is 0. The molecule has 0 heterocycles. The van der Waals surface area contributed by atoms with Crippen LogP contribution in [-0.2, 0) is 6.54 Å². The third-order valence-electron chi connectivity index (χ3n) is 8.55. The Hall–Kier alpha value is -4.66. The smallest absolute Gasteiger partial charge is 0.119 e. The lowest BCUT2D eigenvalue weighted by molar-refractivity contribution is 0.395. The maximum absolute atomic E-state index is 5.73. The Morgan fingerprint density at radius 3 is 1.68 bits per heavy atom. The van der Waals surface area contributed by atoms with E-state index < -0.39 is 0 Å². The molecule has 0 radical (unpaired) electrons. The topological polar surface area (TPSA) is 12.5 Å². The Bertz CT molecular complexity index is 1890. The minimum atomic E-state index is 0.796. The first-order valence-electron chi connectivity index (χ1n) is 15.4. The first-order valence-corrected chi connectivity index (χ1v) is 15.4. The first kappa shape index (κ1) is 29.4. The number of fused-ring (bicyclic) bond motifs is 1. The Kier molecular flexibility index (Phi) is 8.12. The molecule has 0 saturated heterocycles. The van der Waals surface area contributed by atoms with Crippen LogP contribution in [0.25, 0.3) is 22.3 Å². The van der Waals surface area contributed by atoms with Crippen molar-refractivity contribution in [2.24, 2.45) is 0 Å². The van der Waals surface area contributed by atoms with E-state index in [0.717, 1.165) is 12.3 Å². The van der Waals surface area contributed by atoms with E-state index in [9.17, 15) is 0 Å². The SMILES string of the molecule is COc1ccc(/C(=C2/C(c3ccc(C)cc3)=C(c3ccc(C)cc3)c3cc(C)ccc32)c2ccc(C)cc2)c(CN(C)C)c1. The molecule has 2 heteroatoms. The fourth-order valence-electron chi connectivity index (χ4n) is 6.33. The highest BCUT2D eigenvalue weighted by Crippen LogP contribution is 2.53. The second kappa shape index (κ2) is 12.1. The predicted octanol–water partition coefficient (Wildman–Crippen LogP) is 9.92. The minimum Gasteiger partial charge on any atom is -0.497 e. The van der Waals surface area contributed by atoms with Gasteiger partial charge < -0.3 is 9.64 Å². The Morgan fingerprint density at radius 1 is 0.568 bits per heavy atom. The van der Waals surface area contributed by atoms with E-state index in [2.05, 4.69) is 156 Å². The molecule has 0 fully saturated rings. The molecule has 5 aromatic rings. The molecule has 2 nitrogen and oxygen atoms in total. The van der Waals surface area contributed by atoms with Gasteiger partial charge in [-0.05, 0) is 115 Å². The third-order valence-corrected chi connectivity index (χ3v) is 8.55. The van der Waals surface area contributed by atoms with Gasteiger partial charge in [0.05, 0.1) is 7.11 Å². The molecule has 1 aliphatic rings. The number of aryl methyl sites for hydroxylation is 4. The summed E-state index contributed by atoms with van der Waals surface area (Å²) in [4.78, 5) is 2.23. The van der Waals surface area contributed by atoms with Crippen molar-refractivity contribution in [3.63, 3.8) is 0 Å². The molecule has 44 heavy (non-hydrogen) atoms. The van der Waals surface area contributed by atoms with Gasteiger partial charge in [0, 0.05) is 6.54 Å². The average Bonchev–Trinajstić information content (AvgIpc) is 3.33. The van der Waals surface area contributed by atoms with Crippen molar-refractivity contribution in [1.82, 2.24) is 4.90 Å². The zero-order valence-electron chi connectivity index (χ0n) is 27.0. The predicted molar refractivity (Wildman–Crippen MR) is 187 cm³/mol. The van der Waals surface area contributed by atoms with E-state index in [1.807, 2.05) is 0 Å². The molecule has 0 aliphatic heterocycles. The zero-order valence-corrected chi connectivity index (χ0v) is 27.0. The molecule has 0 aromatic heterocycles. The molecule has 0 unspecified atom stereocenters. The second-order valence-electron chi connectivity index (χ2n) is 12.4. The van der Waals surface area contributed by atoms with E-state index >= 15 is 0 Å². The minimum absolute atomic E-state index is 0.796. The Labute approximate surface area is 263 Å². The van der Waals surface area contributed by atoms with Crippen LogP contribution in [0.2, 0.25) is 0 Å². The van der Waals surface area contributed by atoms with Gasteiger partial charge in [-0.15, -0.1) is 0 Å². The number of allylic oxidation sites excluding steroid dienone is 2. The van der Waals surface area contributed by atoms with Crippen LogP contribution < -0.4 is 4.74 Å². The summed E-state index contributed by atoms with van der Waals surface area (Å²) in [6.07, 6.45) is 0. The number of methoxy groups -OCH3 is 1. The van der Waals surface area contributed by atoms with Crippen molar-refractivity contribution >= 4 is 22.3 Å². The van der Waals surface area contributed by atoms with Gasteiger partial charge in [-0.1, -0.05) is 119 Å². The monoisotopic (exact) mass is 575 g/mol. The van der Waals surface area contributed by atoms with Gasteiger partial charge >= 0.3 is 0 Å². The lowest BCUT2D eigenvalue weighted by atomic mass is 9.83. The van der Waals surface area contributed by atoms with Crippen molar-refractivity contribution < 1.29 is 4.74 Å². The van der Waals surface area contributed by atoms with Crippen LogP contribution in [0.3, 0.4) is 0 Å². The highest BCUT2D eigenvalue weighted by Gasteiger charge is 2.32. The number of nitrogens with zero attached hydrogens (tertiary/aromatic N) is 1. The van der Waals surface area contributed by atoms with Gasteiger partial charge in [0.1, 0.15) is 5.75 Å². The van der Waals surface area contributed by atoms with Gasteiger partial charge in [0.15, 0.2) is 0 Å². The molecular formula is C42H41NO. The fraction of sp³-hybridized carbons (Fsp3) is 0.190. The number of benzene rings is 5. The standard InChI is InChI=1S/C42H41NO/c1-27-8-15-31(16-9-27)39(36-23-21-35(44-7)25-34(36)26-43(5)6)42-37-22-14-30(4)24-38(37)40(32-17-10-28(2)11-18-32)41(42)33-19-12-29(3)13-20-33/h8-25H,26H2,1-7H3/b42-39+. The lowest BCUT2D eigenvalue weighted by Gasteiger charge is -2.22. The quantitative estimate of drug-likeness (QED) is 0.191. The van der Waals surface area contributed by atoms with Crippen LogP contribution in [0, 0.1) is 27.7 Å². The molecule has 6 rings (SSSR count). The first-order chi connectivity index (χ1) is 21.2. The van der Waals surface area contributed by atoms with Crippen LogP contribution in [0.1, 0.15) is 61.2 Å². The summed E-state index contributed by atoms with van der Waals surface area (Å²) in [7, 11) is 6.00. The van der Waals surface area contributed by atoms with Gasteiger partial charge in [0.2, 0.25) is 0 Å². The van der Waals surface area contributed by atoms with Gasteiger partial charge in [0.25, 0.3) is 0 Å². The molecule has 1 aliphatic carbocycles. The van der Waals surface area contributed by atoms with Crippen molar-refractivity contribution in [2.45, 2.75) is 34.2 Å². The van der Waals surface area contributed by atoms with E-state index in [1.54, 1.807) is 7.11 Å². The lowest BCUT2D eigenvalue weighted by Crippen LogP contribution is -2.13. The third kappa shape index (κ3) is 5.66. The van der Waals surface area contributed by atoms with E-state index in [4.69, 9.17) is 4.74 Å². The number of rotatable bonds is 7. The molecule has 220 valence electrons. The van der Waals surface area contributed by atoms with Crippen molar-refractivity contribution in [1.29, 1.82) is 0 Å². The summed E-state index contributed by atoms with van der Waals surface area (Å²) in [6, 6.07) is 40.6. The van der Waals surface area contributed by atoms with Crippen LogP contribution >= 0.6 is 0 Å². The second-order valence-corrected chi connectivity index (χ2v) is 12.4. The van der Waals surface area contributed by atoms with Gasteiger partial charge in [-0.3, -0.25) is 0 Å². The van der Waals surface area contributed by atoms with Crippen molar-refractivity contribution in [3.8, 4) is 5.75 Å². The summed E-state index contributed by atoms with van der Waals surface area (Å²) in [6.45, 7) is 9.46.